The van der Waals surface area contributed by atoms with Crippen LogP contribution in [0.15, 0.2) is 24.3 Å². The minimum Gasteiger partial charge on any atom is -0.488 e. The molecule has 1 unspecified atom stereocenters. The highest BCUT2D eigenvalue weighted by molar-refractivity contribution is 7.80. The predicted octanol–water partition coefficient (Wildman–Crippen LogP) is 1.49. The first-order valence-electron chi connectivity index (χ1n) is 4.90. The molecule has 0 aliphatic carbocycles. The molecule has 0 aromatic heterocycles. The molecule has 1 aromatic carbocycles. The number of hydrogen-bond acceptors (Lipinski definition) is 3. The number of ether oxygens (including phenoxy) is 2. The fourth-order valence-electron chi connectivity index (χ4n) is 1.50. The van der Waals surface area contributed by atoms with E-state index in [2.05, 4.69) is 0 Å². The molecule has 2 N–H and O–H groups in total. The van der Waals surface area contributed by atoms with Gasteiger partial charge >= 0.3 is 0 Å². The summed E-state index contributed by atoms with van der Waals surface area (Å²) in [5.41, 5.74) is 6.36. The van der Waals surface area contributed by atoms with Gasteiger partial charge in [-0.15, -0.1) is 0 Å². The summed E-state index contributed by atoms with van der Waals surface area (Å²) >= 11 is 4.87. The maximum atomic E-state index is 5.70. The minimum atomic E-state index is 0.181. The molecule has 0 saturated carbocycles. The molecule has 4 heteroatoms. The highest BCUT2D eigenvalue weighted by Crippen LogP contribution is 2.17. The zero-order chi connectivity index (χ0) is 10.7. The van der Waals surface area contributed by atoms with Crippen molar-refractivity contribution in [1.29, 1.82) is 0 Å². The molecule has 1 aromatic rings. The summed E-state index contributed by atoms with van der Waals surface area (Å²) in [7, 11) is 0. The standard InChI is InChI=1S/C11H13NO2S/c12-11(15)8-1-3-9(4-2-8)14-10-5-6-13-7-10/h1-4,10H,5-7H2,(H2,12,15). The number of benzene rings is 1. The third-order valence-corrected chi connectivity index (χ3v) is 2.57. The first-order chi connectivity index (χ1) is 7.25. The summed E-state index contributed by atoms with van der Waals surface area (Å²) in [4.78, 5) is 0.408. The highest BCUT2D eigenvalue weighted by atomic mass is 32.1. The first kappa shape index (κ1) is 10.4. The van der Waals surface area contributed by atoms with E-state index in [0.717, 1.165) is 24.3 Å². The van der Waals surface area contributed by atoms with Gasteiger partial charge in [0.2, 0.25) is 0 Å². The lowest BCUT2D eigenvalue weighted by molar-refractivity contribution is 0.141. The molecule has 1 fully saturated rings. The van der Waals surface area contributed by atoms with Crippen LogP contribution in [0.4, 0.5) is 0 Å². The lowest BCUT2D eigenvalue weighted by atomic mass is 10.2. The molecule has 1 heterocycles. The van der Waals surface area contributed by atoms with Gasteiger partial charge in [0.1, 0.15) is 16.8 Å². The van der Waals surface area contributed by atoms with Gasteiger partial charge < -0.3 is 15.2 Å². The third-order valence-electron chi connectivity index (χ3n) is 2.33. The highest BCUT2D eigenvalue weighted by Gasteiger charge is 2.16. The van der Waals surface area contributed by atoms with Gasteiger partial charge in [-0.3, -0.25) is 0 Å². The van der Waals surface area contributed by atoms with Crippen LogP contribution in [0.5, 0.6) is 5.75 Å². The Kier molecular flexibility index (Phi) is 3.18. The summed E-state index contributed by atoms with van der Waals surface area (Å²) in [6, 6.07) is 7.50. The number of thiocarbonyl (C=S) groups is 1. The molecule has 3 nitrogen and oxygen atoms in total. The second-order valence-corrected chi connectivity index (χ2v) is 3.93. The van der Waals surface area contributed by atoms with Crippen LogP contribution in [0.2, 0.25) is 0 Å². The molecule has 15 heavy (non-hydrogen) atoms. The summed E-state index contributed by atoms with van der Waals surface area (Å²) in [6.45, 7) is 1.46. The zero-order valence-corrected chi connectivity index (χ0v) is 9.13. The number of rotatable bonds is 3. The summed E-state index contributed by atoms with van der Waals surface area (Å²) < 4.78 is 10.9. The molecule has 0 radical (unpaired) electrons. The van der Waals surface area contributed by atoms with Gasteiger partial charge in [-0.25, -0.2) is 0 Å². The molecule has 80 valence electrons. The van der Waals surface area contributed by atoms with Gasteiger partial charge in [0.15, 0.2) is 0 Å². The Balaban J connectivity index is 2.00. The Morgan fingerprint density at radius 1 is 1.40 bits per heavy atom. The molecule has 2 rings (SSSR count). The monoisotopic (exact) mass is 223 g/mol. The normalized spacial score (nSPS) is 20.1. The van der Waals surface area contributed by atoms with E-state index >= 15 is 0 Å². The van der Waals surface area contributed by atoms with Gasteiger partial charge in [0, 0.05) is 12.0 Å². The van der Waals surface area contributed by atoms with Gasteiger partial charge in [-0.2, -0.15) is 0 Å². The molecule has 1 aliphatic rings. The molecule has 1 atom stereocenters. The lowest BCUT2D eigenvalue weighted by Gasteiger charge is -2.11. The van der Waals surface area contributed by atoms with E-state index in [1.807, 2.05) is 24.3 Å². The quantitative estimate of drug-likeness (QED) is 0.788. The van der Waals surface area contributed by atoms with E-state index < -0.39 is 0 Å². The molecule has 0 bridgehead atoms. The van der Waals surface area contributed by atoms with E-state index in [1.165, 1.54) is 0 Å². The van der Waals surface area contributed by atoms with Crippen LogP contribution in [0, 0.1) is 0 Å². The Bertz CT molecular complexity index is 344. The smallest absolute Gasteiger partial charge is 0.124 e. The Hall–Kier alpha value is -1.13. The maximum absolute atomic E-state index is 5.70. The Morgan fingerprint density at radius 2 is 2.13 bits per heavy atom. The first-order valence-corrected chi connectivity index (χ1v) is 5.31. The van der Waals surface area contributed by atoms with Crippen LogP contribution in [0.1, 0.15) is 12.0 Å². The van der Waals surface area contributed by atoms with Crippen molar-refractivity contribution in [3.05, 3.63) is 29.8 Å². The average Bonchev–Trinajstić information content (AvgIpc) is 2.71. The fourth-order valence-corrected chi connectivity index (χ4v) is 1.63. The Labute approximate surface area is 94.2 Å². The van der Waals surface area contributed by atoms with Crippen LogP contribution in [0.25, 0.3) is 0 Å². The summed E-state index contributed by atoms with van der Waals surface area (Å²) in [6.07, 6.45) is 1.14. The largest absolute Gasteiger partial charge is 0.488 e. The van der Waals surface area contributed by atoms with Gasteiger partial charge in [0.25, 0.3) is 0 Å². The van der Waals surface area contributed by atoms with Crippen molar-refractivity contribution >= 4 is 17.2 Å². The van der Waals surface area contributed by atoms with Crippen molar-refractivity contribution < 1.29 is 9.47 Å². The van der Waals surface area contributed by atoms with E-state index in [4.69, 9.17) is 27.4 Å². The van der Waals surface area contributed by atoms with Crippen molar-refractivity contribution in [3.8, 4) is 5.75 Å². The molecule has 0 spiro atoms. The van der Waals surface area contributed by atoms with Crippen LogP contribution in [0.3, 0.4) is 0 Å². The van der Waals surface area contributed by atoms with Crippen molar-refractivity contribution in [1.82, 2.24) is 0 Å². The topological polar surface area (TPSA) is 44.5 Å². The fraction of sp³-hybridized carbons (Fsp3) is 0.364. The second-order valence-electron chi connectivity index (χ2n) is 3.49. The third kappa shape index (κ3) is 2.67. The van der Waals surface area contributed by atoms with Gasteiger partial charge in [-0.1, -0.05) is 12.2 Å². The maximum Gasteiger partial charge on any atom is 0.124 e. The van der Waals surface area contributed by atoms with Crippen LogP contribution in [-0.4, -0.2) is 24.3 Å². The van der Waals surface area contributed by atoms with Crippen molar-refractivity contribution in [3.63, 3.8) is 0 Å². The van der Waals surface area contributed by atoms with Crippen LogP contribution in [-0.2, 0) is 4.74 Å². The molecule has 1 saturated heterocycles. The Morgan fingerprint density at radius 3 is 2.67 bits per heavy atom. The second kappa shape index (κ2) is 4.59. The summed E-state index contributed by atoms with van der Waals surface area (Å²) in [5.74, 6) is 0.838. The summed E-state index contributed by atoms with van der Waals surface area (Å²) in [5, 5.41) is 0. The van der Waals surface area contributed by atoms with Crippen molar-refractivity contribution in [2.24, 2.45) is 5.73 Å². The number of hydrogen-bond donors (Lipinski definition) is 1. The van der Waals surface area contributed by atoms with Crippen molar-refractivity contribution in [2.45, 2.75) is 12.5 Å². The van der Waals surface area contributed by atoms with Gasteiger partial charge in [-0.05, 0) is 24.3 Å². The molecule has 0 amide bonds. The van der Waals surface area contributed by atoms with Crippen LogP contribution < -0.4 is 10.5 Å². The minimum absolute atomic E-state index is 0.181. The zero-order valence-electron chi connectivity index (χ0n) is 8.31. The SMILES string of the molecule is NC(=S)c1ccc(OC2CCOC2)cc1. The predicted molar refractivity (Wildman–Crippen MR) is 62.2 cm³/mol. The van der Waals surface area contributed by atoms with E-state index in [0.29, 0.717) is 11.6 Å². The average molecular weight is 223 g/mol. The van der Waals surface area contributed by atoms with E-state index in [9.17, 15) is 0 Å². The number of nitrogens with two attached hydrogens (primary N) is 1. The van der Waals surface area contributed by atoms with E-state index in [1.54, 1.807) is 0 Å². The van der Waals surface area contributed by atoms with E-state index in [-0.39, 0.29) is 6.10 Å². The van der Waals surface area contributed by atoms with Crippen LogP contribution >= 0.6 is 12.2 Å². The molecular weight excluding hydrogens is 210 g/mol. The van der Waals surface area contributed by atoms with Gasteiger partial charge in [0.05, 0.1) is 13.2 Å². The van der Waals surface area contributed by atoms with Crippen molar-refractivity contribution in [2.75, 3.05) is 13.2 Å². The molecular formula is C11H13NO2S. The molecule has 1 aliphatic heterocycles. The lowest BCUT2D eigenvalue weighted by Crippen LogP contribution is -2.15.